The number of amides is 2. The number of hydrogen-bond acceptors (Lipinski definition) is 8. The highest BCUT2D eigenvalue weighted by atomic mass is 16.9. The van der Waals surface area contributed by atoms with E-state index in [1.165, 1.54) is 7.11 Å². The normalized spacial score (nSPS) is 33.0. The van der Waals surface area contributed by atoms with Gasteiger partial charge in [0.25, 0.3) is 5.91 Å². The fraction of sp³-hybridized carbons (Fsp3) is 0.636. The van der Waals surface area contributed by atoms with Crippen LogP contribution in [0.25, 0.3) is 0 Å². The largest absolute Gasteiger partial charge is 0.495 e. The maximum Gasteiger partial charge on any atom is 0.252 e. The summed E-state index contributed by atoms with van der Waals surface area (Å²) >= 11 is 0. The predicted molar refractivity (Wildman–Crippen MR) is 112 cm³/mol. The zero-order chi connectivity index (χ0) is 23.3. The van der Waals surface area contributed by atoms with Crippen LogP contribution < -0.4 is 15.4 Å². The van der Waals surface area contributed by atoms with E-state index in [0.717, 1.165) is 0 Å². The lowest BCUT2D eigenvalue weighted by Crippen LogP contribution is -2.60. The van der Waals surface area contributed by atoms with Gasteiger partial charge in [-0.25, -0.2) is 0 Å². The lowest BCUT2D eigenvalue weighted by atomic mass is 9.98. The Labute approximate surface area is 186 Å². The molecule has 10 nitrogen and oxygen atoms in total. The monoisotopic (exact) mass is 450 g/mol. The number of para-hydroxylation sites is 2. The quantitative estimate of drug-likeness (QED) is 0.695. The topological polar surface area (TPSA) is 114 Å². The molecule has 6 atom stereocenters. The maximum absolute atomic E-state index is 13.1. The number of carbonyl (C=O) groups is 2. The van der Waals surface area contributed by atoms with E-state index in [4.69, 9.17) is 28.4 Å². The average Bonchev–Trinajstić information content (AvgIpc) is 3.21. The SMILES string of the molecule is COc1ccccc1NC(=O)[C@H](C)NC(=O)[C@H]1O[C@@H]2OC(C)(C)O[C@@H]2[C@H]2OC(C)(C)O[C@H]21. The van der Waals surface area contributed by atoms with Crippen molar-refractivity contribution in [2.75, 3.05) is 12.4 Å². The first-order chi connectivity index (χ1) is 15.0. The molecule has 0 radical (unpaired) electrons. The summed E-state index contributed by atoms with van der Waals surface area (Å²) in [6.07, 6.45) is -3.64. The van der Waals surface area contributed by atoms with Gasteiger partial charge in [-0.05, 0) is 46.8 Å². The molecule has 3 fully saturated rings. The predicted octanol–water partition coefficient (Wildman–Crippen LogP) is 1.53. The van der Waals surface area contributed by atoms with Crippen molar-refractivity contribution in [1.29, 1.82) is 0 Å². The van der Waals surface area contributed by atoms with Crippen molar-refractivity contribution < 1.29 is 38.0 Å². The highest BCUT2D eigenvalue weighted by Crippen LogP contribution is 2.44. The van der Waals surface area contributed by atoms with Crippen LogP contribution in [0.3, 0.4) is 0 Å². The van der Waals surface area contributed by atoms with Crippen LogP contribution in [-0.2, 0) is 33.3 Å². The van der Waals surface area contributed by atoms with E-state index in [1.54, 1.807) is 58.9 Å². The summed E-state index contributed by atoms with van der Waals surface area (Å²) in [5.74, 6) is -2.20. The number of methoxy groups -OCH3 is 1. The van der Waals surface area contributed by atoms with Crippen molar-refractivity contribution >= 4 is 17.5 Å². The molecule has 3 heterocycles. The molecule has 32 heavy (non-hydrogen) atoms. The number of ether oxygens (including phenoxy) is 6. The van der Waals surface area contributed by atoms with E-state index in [1.807, 2.05) is 0 Å². The lowest BCUT2D eigenvalue weighted by Gasteiger charge is -2.36. The van der Waals surface area contributed by atoms with Crippen molar-refractivity contribution in [2.24, 2.45) is 0 Å². The number of nitrogens with one attached hydrogen (secondary N) is 2. The molecule has 2 N–H and O–H groups in total. The van der Waals surface area contributed by atoms with Gasteiger partial charge in [-0.2, -0.15) is 0 Å². The Morgan fingerprint density at radius 1 is 0.969 bits per heavy atom. The first-order valence-corrected chi connectivity index (χ1v) is 10.6. The summed E-state index contributed by atoms with van der Waals surface area (Å²) in [4.78, 5) is 25.8. The minimum Gasteiger partial charge on any atom is -0.495 e. The molecule has 0 bridgehead atoms. The Morgan fingerprint density at radius 2 is 1.59 bits per heavy atom. The van der Waals surface area contributed by atoms with E-state index >= 15 is 0 Å². The molecule has 3 saturated heterocycles. The Kier molecular flexibility index (Phi) is 5.93. The van der Waals surface area contributed by atoms with E-state index in [-0.39, 0.29) is 0 Å². The summed E-state index contributed by atoms with van der Waals surface area (Å²) in [6.45, 7) is 8.65. The summed E-state index contributed by atoms with van der Waals surface area (Å²) < 4.78 is 34.9. The maximum atomic E-state index is 13.1. The van der Waals surface area contributed by atoms with Gasteiger partial charge in [0.1, 0.15) is 30.1 Å². The zero-order valence-corrected chi connectivity index (χ0v) is 19.0. The van der Waals surface area contributed by atoms with E-state index in [2.05, 4.69) is 10.6 Å². The first-order valence-electron chi connectivity index (χ1n) is 10.6. The van der Waals surface area contributed by atoms with Crippen LogP contribution in [0, 0.1) is 0 Å². The molecule has 1 aromatic carbocycles. The molecule has 0 aliphatic carbocycles. The van der Waals surface area contributed by atoms with Crippen molar-refractivity contribution in [3.63, 3.8) is 0 Å². The molecule has 1 aromatic rings. The van der Waals surface area contributed by atoms with Crippen LogP contribution in [0.2, 0.25) is 0 Å². The molecule has 0 aromatic heterocycles. The highest BCUT2D eigenvalue weighted by Gasteiger charge is 2.62. The number of rotatable bonds is 5. The molecule has 2 amide bonds. The van der Waals surface area contributed by atoms with Crippen molar-refractivity contribution in [3.05, 3.63) is 24.3 Å². The van der Waals surface area contributed by atoms with Crippen molar-refractivity contribution in [1.82, 2.24) is 5.32 Å². The average molecular weight is 450 g/mol. The summed E-state index contributed by atoms with van der Waals surface area (Å²) in [5.41, 5.74) is 0.505. The van der Waals surface area contributed by atoms with E-state index in [9.17, 15) is 9.59 Å². The molecular formula is C22H30N2O8. The lowest BCUT2D eigenvalue weighted by molar-refractivity contribution is -0.231. The third kappa shape index (κ3) is 4.46. The smallest absolute Gasteiger partial charge is 0.252 e. The molecule has 0 unspecified atom stereocenters. The number of fused-ring (bicyclic) bond motifs is 3. The molecule has 0 spiro atoms. The number of anilines is 1. The van der Waals surface area contributed by atoms with Gasteiger partial charge < -0.3 is 39.1 Å². The fourth-order valence-electron chi connectivity index (χ4n) is 4.17. The summed E-state index contributed by atoms with van der Waals surface area (Å²) in [5, 5.41) is 5.46. The Hall–Kier alpha value is -2.24. The number of hydrogen-bond donors (Lipinski definition) is 2. The third-order valence-electron chi connectivity index (χ3n) is 5.53. The summed E-state index contributed by atoms with van der Waals surface area (Å²) in [7, 11) is 1.52. The second-order valence-corrected chi connectivity index (χ2v) is 9.01. The van der Waals surface area contributed by atoms with Crippen LogP contribution in [-0.4, -0.2) is 67.2 Å². The molecule has 176 valence electrons. The zero-order valence-electron chi connectivity index (χ0n) is 19.0. The Morgan fingerprint density at radius 3 is 2.31 bits per heavy atom. The van der Waals surface area contributed by atoms with Crippen LogP contribution >= 0.6 is 0 Å². The van der Waals surface area contributed by atoms with Gasteiger partial charge in [0.2, 0.25) is 5.91 Å². The first kappa shape index (κ1) is 22.9. The van der Waals surface area contributed by atoms with Gasteiger partial charge in [-0.1, -0.05) is 12.1 Å². The summed E-state index contributed by atoms with van der Waals surface area (Å²) in [6, 6.07) is 6.17. The minimum atomic E-state index is -1.04. The van der Waals surface area contributed by atoms with Gasteiger partial charge >= 0.3 is 0 Å². The van der Waals surface area contributed by atoms with Crippen LogP contribution in [0.1, 0.15) is 34.6 Å². The number of benzene rings is 1. The Bertz CT molecular complexity index is 888. The third-order valence-corrected chi connectivity index (χ3v) is 5.53. The Balaban J connectivity index is 1.45. The fourth-order valence-corrected chi connectivity index (χ4v) is 4.17. The molecule has 3 aliphatic heterocycles. The molecule has 4 rings (SSSR count). The standard InChI is InChI=1S/C22H30N2O8/c1-11(18(25)24-12-9-7-8-10-13(12)27-6)23-19(26)16-14-15(30-21(2,3)29-14)17-20(28-16)32-22(4,5)31-17/h7-11,14-17,20H,1-6H3,(H,23,26)(H,24,25)/t11-,14+,15-,16-,17+,20+/m0/s1. The van der Waals surface area contributed by atoms with Crippen LogP contribution in [0.5, 0.6) is 5.75 Å². The van der Waals surface area contributed by atoms with Gasteiger partial charge in [0.15, 0.2) is 24.0 Å². The highest BCUT2D eigenvalue weighted by molar-refractivity contribution is 5.98. The van der Waals surface area contributed by atoms with Gasteiger partial charge in [-0.3, -0.25) is 9.59 Å². The van der Waals surface area contributed by atoms with Gasteiger partial charge in [-0.15, -0.1) is 0 Å². The van der Waals surface area contributed by atoms with Crippen LogP contribution in [0.15, 0.2) is 24.3 Å². The molecule has 10 heteroatoms. The van der Waals surface area contributed by atoms with Gasteiger partial charge in [0, 0.05) is 0 Å². The molecular weight excluding hydrogens is 420 g/mol. The van der Waals surface area contributed by atoms with Crippen molar-refractivity contribution in [3.8, 4) is 5.75 Å². The van der Waals surface area contributed by atoms with E-state index < -0.39 is 60.1 Å². The minimum absolute atomic E-state index is 0.404. The number of carbonyl (C=O) groups excluding carboxylic acids is 2. The van der Waals surface area contributed by atoms with E-state index in [0.29, 0.717) is 11.4 Å². The van der Waals surface area contributed by atoms with Gasteiger partial charge in [0.05, 0.1) is 12.8 Å². The molecule has 0 saturated carbocycles. The van der Waals surface area contributed by atoms with Crippen LogP contribution in [0.4, 0.5) is 5.69 Å². The molecule has 3 aliphatic rings. The second kappa shape index (κ2) is 8.27. The van der Waals surface area contributed by atoms with Crippen molar-refractivity contribution in [2.45, 2.75) is 82.9 Å². The second-order valence-electron chi connectivity index (χ2n) is 9.01.